The minimum absolute atomic E-state index is 0.337. The summed E-state index contributed by atoms with van der Waals surface area (Å²) in [7, 11) is 0. The van der Waals surface area contributed by atoms with Crippen LogP contribution in [0.3, 0.4) is 0 Å². The van der Waals surface area contributed by atoms with E-state index in [1.165, 1.54) is 32.1 Å². The summed E-state index contributed by atoms with van der Waals surface area (Å²) < 4.78 is 5.79. The minimum atomic E-state index is -0.573. The topological polar surface area (TPSA) is 84.5 Å². The molecule has 2 rings (SSSR count). The summed E-state index contributed by atoms with van der Waals surface area (Å²) in [5.74, 6) is -0.791. The van der Waals surface area contributed by atoms with Gasteiger partial charge in [-0.25, -0.2) is 0 Å². The van der Waals surface area contributed by atoms with E-state index < -0.39 is 18.4 Å². The number of hydrogen-bond donors (Lipinski definition) is 2. The maximum atomic E-state index is 11.8. The molecule has 0 bridgehead atoms. The maximum Gasteiger partial charge on any atom is 0.306 e. The van der Waals surface area contributed by atoms with Gasteiger partial charge < -0.3 is 4.74 Å². The molecule has 6 nitrogen and oxygen atoms in total. The Hall–Kier alpha value is -1.89. The monoisotopic (exact) mass is 410 g/mol. The molecule has 0 radical (unpaired) electrons. The quantitative estimate of drug-likeness (QED) is 0.557. The molecule has 7 heteroatoms. The number of carbonyl (C=O) groups is 3. The Bertz CT molecular complexity index is 598. The van der Waals surface area contributed by atoms with Crippen LogP contribution < -0.4 is 10.9 Å². The van der Waals surface area contributed by atoms with Crippen LogP contribution in [0.1, 0.15) is 55.3 Å². The first-order chi connectivity index (χ1) is 12.0. The number of halogens is 1. The molecule has 0 heterocycles. The van der Waals surface area contributed by atoms with Crippen LogP contribution in [0, 0.1) is 5.92 Å². The zero-order valence-corrected chi connectivity index (χ0v) is 15.6. The van der Waals surface area contributed by atoms with Gasteiger partial charge in [0.15, 0.2) is 6.61 Å². The van der Waals surface area contributed by atoms with E-state index in [2.05, 4.69) is 26.8 Å². The smallest absolute Gasteiger partial charge is 0.306 e. The fourth-order valence-corrected chi connectivity index (χ4v) is 3.12. The molecule has 2 N–H and O–H groups in total. The first-order valence-corrected chi connectivity index (χ1v) is 9.34. The molecular weight excluding hydrogens is 388 g/mol. The number of hydrazine groups is 1. The van der Waals surface area contributed by atoms with E-state index in [0.29, 0.717) is 17.9 Å². The predicted molar refractivity (Wildman–Crippen MR) is 96.5 cm³/mol. The lowest BCUT2D eigenvalue weighted by molar-refractivity contribution is -0.149. The van der Waals surface area contributed by atoms with E-state index >= 15 is 0 Å². The third-order valence-electron chi connectivity index (χ3n) is 4.27. The number of benzene rings is 1. The highest BCUT2D eigenvalue weighted by molar-refractivity contribution is 9.10. The van der Waals surface area contributed by atoms with E-state index in [-0.39, 0.29) is 5.97 Å². The molecule has 25 heavy (non-hydrogen) atoms. The summed E-state index contributed by atoms with van der Waals surface area (Å²) in [6.07, 6.45) is 7.27. The third kappa shape index (κ3) is 7.25. The number of amides is 2. The molecule has 2 amide bonds. The first-order valence-electron chi connectivity index (χ1n) is 8.55. The van der Waals surface area contributed by atoms with Gasteiger partial charge in [-0.15, -0.1) is 0 Å². The SMILES string of the molecule is O=C(COC(=O)CCC1CCCCC1)NNC(=O)c1ccc(Br)cc1. The van der Waals surface area contributed by atoms with Gasteiger partial charge in [0.2, 0.25) is 0 Å². The normalized spacial score (nSPS) is 14.6. The highest BCUT2D eigenvalue weighted by Gasteiger charge is 2.16. The summed E-state index contributed by atoms with van der Waals surface area (Å²) in [5.41, 5.74) is 4.92. The van der Waals surface area contributed by atoms with E-state index in [0.717, 1.165) is 10.9 Å². The van der Waals surface area contributed by atoms with Crippen molar-refractivity contribution in [1.29, 1.82) is 0 Å². The van der Waals surface area contributed by atoms with Crippen LogP contribution in [0.5, 0.6) is 0 Å². The van der Waals surface area contributed by atoms with Gasteiger partial charge in [0.1, 0.15) is 0 Å². The lowest BCUT2D eigenvalue weighted by Crippen LogP contribution is -2.43. The first kappa shape index (κ1) is 19.4. The van der Waals surface area contributed by atoms with Crippen LogP contribution in [0.2, 0.25) is 0 Å². The standard InChI is InChI=1S/C18H23BrN2O4/c19-15-9-7-14(8-10-15)18(24)21-20-16(22)12-25-17(23)11-6-13-4-2-1-3-5-13/h7-10,13H,1-6,11-12H2,(H,20,22)(H,21,24). The fourth-order valence-electron chi connectivity index (χ4n) is 2.85. The van der Waals surface area contributed by atoms with Crippen LogP contribution in [-0.2, 0) is 14.3 Å². The van der Waals surface area contributed by atoms with Crippen molar-refractivity contribution in [2.45, 2.75) is 44.9 Å². The molecule has 1 aromatic rings. The second kappa shape index (κ2) is 10.2. The van der Waals surface area contributed by atoms with Crippen molar-refractivity contribution in [2.24, 2.45) is 5.92 Å². The highest BCUT2D eigenvalue weighted by atomic mass is 79.9. The van der Waals surface area contributed by atoms with Crippen molar-refractivity contribution in [2.75, 3.05) is 6.61 Å². The van der Waals surface area contributed by atoms with E-state index in [4.69, 9.17) is 4.74 Å². The third-order valence-corrected chi connectivity index (χ3v) is 4.80. The van der Waals surface area contributed by atoms with Crippen molar-refractivity contribution in [3.05, 3.63) is 34.3 Å². The second-order valence-electron chi connectivity index (χ2n) is 6.21. The highest BCUT2D eigenvalue weighted by Crippen LogP contribution is 2.27. The molecule has 1 aliphatic carbocycles. The summed E-state index contributed by atoms with van der Waals surface area (Å²) >= 11 is 3.28. The van der Waals surface area contributed by atoms with Crippen molar-refractivity contribution in [3.8, 4) is 0 Å². The summed E-state index contributed by atoms with van der Waals surface area (Å²) in [6, 6.07) is 6.70. The Labute approximate surface area is 155 Å². The Morgan fingerprint density at radius 2 is 1.72 bits per heavy atom. The average Bonchev–Trinajstić information content (AvgIpc) is 2.64. The summed E-state index contributed by atoms with van der Waals surface area (Å²) in [4.78, 5) is 35.1. The predicted octanol–water partition coefficient (Wildman–Crippen LogP) is 3.11. The zero-order valence-electron chi connectivity index (χ0n) is 14.1. The van der Waals surface area contributed by atoms with Crippen molar-refractivity contribution >= 4 is 33.7 Å². The number of nitrogens with one attached hydrogen (secondary N) is 2. The molecule has 0 saturated heterocycles. The fraction of sp³-hybridized carbons (Fsp3) is 0.500. The van der Waals surface area contributed by atoms with Gasteiger partial charge in [-0.1, -0.05) is 48.0 Å². The zero-order chi connectivity index (χ0) is 18.1. The number of ether oxygens (including phenoxy) is 1. The van der Waals surface area contributed by atoms with Gasteiger partial charge in [-0.3, -0.25) is 25.2 Å². The van der Waals surface area contributed by atoms with Crippen LogP contribution >= 0.6 is 15.9 Å². The van der Waals surface area contributed by atoms with Gasteiger partial charge >= 0.3 is 5.97 Å². The lowest BCUT2D eigenvalue weighted by atomic mass is 9.86. The molecule has 1 saturated carbocycles. The van der Waals surface area contributed by atoms with Gasteiger partial charge in [0.25, 0.3) is 11.8 Å². The molecule has 1 fully saturated rings. The van der Waals surface area contributed by atoms with Crippen molar-refractivity contribution in [1.82, 2.24) is 10.9 Å². The molecule has 0 atom stereocenters. The van der Waals surface area contributed by atoms with E-state index in [9.17, 15) is 14.4 Å². The lowest BCUT2D eigenvalue weighted by Gasteiger charge is -2.20. The molecular formula is C18H23BrN2O4. The van der Waals surface area contributed by atoms with Gasteiger partial charge in [0.05, 0.1) is 0 Å². The van der Waals surface area contributed by atoms with Gasteiger partial charge in [-0.2, -0.15) is 0 Å². The average molecular weight is 411 g/mol. The summed E-state index contributed by atoms with van der Waals surface area (Å²) in [5, 5.41) is 0. The Kier molecular flexibility index (Phi) is 7.91. The number of hydrogen-bond acceptors (Lipinski definition) is 4. The second-order valence-corrected chi connectivity index (χ2v) is 7.13. The van der Waals surface area contributed by atoms with E-state index in [1.54, 1.807) is 24.3 Å². The van der Waals surface area contributed by atoms with Gasteiger partial charge in [-0.05, 0) is 36.6 Å². The molecule has 0 spiro atoms. The molecule has 136 valence electrons. The number of carbonyl (C=O) groups excluding carboxylic acids is 3. The van der Waals surface area contributed by atoms with E-state index in [1.807, 2.05) is 0 Å². The molecule has 1 aliphatic rings. The van der Waals surface area contributed by atoms with Crippen LogP contribution in [0.25, 0.3) is 0 Å². The molecule has 0 aromatic heterocycles. The Morgan fingerprint density at radius 3 is 2.40 bits per heavy atom. The largest absolute Gasteiger partial charge is 0.455 e. The Morgan fingerprint density at radius 1 is 1.04 bits per heavy atom. The number of rotatable bonds is 6. The van der Waals surface area contributed by atoms with Crippen LogP contribution in [-0.4, -0.2) is 24.4 Å². The number of esters is 1. The molecule has 1 aromatic carbocycles. The minimum Gasteiger partial charge on any atom is -0.455 e. The van der Waals surface area contributed by atoms with Gasteiger partial charge in [0, 0.05) is 16.5 Å². The van der Waals surface area contributed by atoms with Crippen molar-refractivity contribution < 1.29 is 19.1 Å². The van der Waals surface area contributed by atoms with Crippen LogP contribution in [0.4, 0.5) is 0 Å². The van der Waals surface area contributed by atoms with Crippen LogP contribution in [0.15, 0.2) is 28.7 Å². The maximum absolute atomic E-state index is 11.8. The summed E-state index contributed by atoms with van der Waals surface area (Å²) in [6.45, 7) is -0.399. The van der Waals surface area contributed by atoms with Crippen molar-refractivity contribution in [3.63, 3.8) is 0 Å². The molecule has 0 aliphatic heterocycles. The Balaban J connectivity index is 1.60. The molecule has 0 unspecified atom stereocenters.